The molecule has 7 nitrogen and oxygen atoms in total. The van der Waals surface area contributed by atoms with Crippen molar-refractivity contribution < 1.29 is 19.1 Å². The Kier molecular flexibility index (Phi) is 4.89. The number of aromatic amines is 1. The molecule has 0 bridgehead atoms. The summed E-state index contributed by atoms with van der Waals surface area (Å²) in [6.45, 7) is 4.62. The molecule has 23 heavy (non-hydrogen) atoms. The van der Waals surface area contributed by atoms with Gasteiger partial charge in [-0.2, -0.15) is 0 Å². The van der Waals surface area contributed by atoms with Crippen LogP contribution < -0.4 is 5.43 Å². The van der Waals surface area contributed by atoms with Crippen LogP contribution in [0.3, 0.4) is 0 Å². The number of pyridine rings is 1. The summed E-state index contributed by atoms with van der Waals surface area (Å²) in [5.41, 5.74) is 0.111. The molecule has 0 aliphatic carbocycles. The SMILES string of the molecule is COCC(C)(C)C(=O)N1CCc2[nH]cc(C(=O)OC)c(=O)c2C1. The first-order valence-corrected chi connectivity index (χ1v) is 7.42. The normalized spacial score (nSPS) is 14.3. The minimum absolute atomic E-state index is 0.0447. The molecule has 1 N–H and O–H groups in total. The second-order valence-corrected chi connectivity index (χ2v) is 6.27. The van der Waals surface area contributed by atoms with Crippen molar-refractivity contribution in [2.75, 3.05) is 27.4 Å². The van der Waals surface area contributed by atoms with Crippen LogP contribution in [0.25, 0.3) is 0 Å². The lowest BCUT2D eigenvalue weighted by Gasteiger charge is -2.34. The molecule has 0 fully saturated rings. The van der Waals surface area contributed by atoms with Crippen LogP contribution in [0.2, 0.25) is 0 Å². The van der Waals surface area contributed by atoms with Gasteiger partial charge in [-0.05, 0) is 13.8 Å². The number of methoxy groups -OCH3 is 2. The molecule has 0 aromatic carbocycles. The first-order chi connectivity index (χ1) is 10.8. The minimum atomic E-state index is -0.683. The average molecular weight is 322 g/mol. The Bertz CT molecular complexity index is 678. The van der Waals surface area contributed by atoms with Gasteiger partial charge in [0.2, 0.25) is 11.3 Å². The number of H-pyrrole nitrogens is 1. The van der Waals surface area contributed by atoms with Crippen LogP contribution in [0.5, 0.6) is 0 Å². The number of esters is 1. The lowest BCUT2D eigenvalue weighted by molar-refractivity contribution is -0.144. The molecule has 2 rings (SSSR count). The van der Waals surface area contributed by atoms with Gasteiger partial charge in [-0.25, -0.2) is 4.79 Å². The van der Waals surface area contributed by atoms with Gasteiger partial charge >= 0.3 is 5.97 Å². The molecule has 126 valence electrons. The predicted molar refractivity (Wildman–Crippen MR) is 83.2 cm³/mol. The molecule has 7 heteroatoms. The van der Waals surface area contributed by atoms with Crippen molar-refractivity contribution in [2.24, 2.45) is 5.41 Å². The summed E-state index contributed by atoms with van der Waals surface area (Å²) in [5, 5.41) is 0. The summed E-state index contributed by atoms with van der Waals surface area (Å²) < 4.78 is 9.71. The highest BCUT2D eigenvalue weighted by atomic mass is 16.5. The van der Waals surface area contributed by atoms with Gasteiger partial charge < -0.3 is 19.4 Å². The lowest BCUT2D eigenvalue weighted by atomic mass is 9.91. The summed E-state index contributed by atoms with van der Waals surface area (Å²) in [7, 11) is 2.78. The molecule has 0 spiro atoms. The number of rotatable bonds is 4. The zero-order valence-electron chi connectivity index (χ0n) is 13.9. The Hall–Kier alpha value is -2.15. The molecule has 1 aliphatic heterocycles. The van der Waals surface area contributed by atoms with Crippen molar-refractivity contribution in [1.82, 2.24) is 9.88 Å². The Labute approximate surface area is 134 Å². The van der Waals surface area contributed by atoms with Gasteiger partial charge in [0.25, 0.3) is 0 Å². The second kappa shape index (κ2) is 6.54. The van der Waals surface area contributed by atoms with Crippen LogP contribution >= 0.6 is 0 Å². The molecule has 0 radical (unpaired) electrons. The third kappa shape index (κ3) is 3.29. The van der Waals surface area contributed by atoms with Crippen LogP contribution in [0, 0.1) is 5.41 Å². The highest BCUT2D eigenvalue weighted by molar-refractivity contribution is 5.89. The molecule has 1 aliphatic rings. The van der Waals surface area contributed by atoms with Crippen molar-refractivity contribution in [3.63, 3.8) is 0 Å². The molecule has 1 amide bonds. The standard InChI is InChI=1S/C16H22N2O5/c1-16(2,9-22-3)15(21)18-6-5-12-11(8-18)13(19)10(7-17-12)14(20)23-4/h7H,5-6,8-9H2,1-4H3,(H,17,19). The van der Waals surface area contributed by atoms with E-state index in [9.17, 15) is 14.4 Å². The maximum absolute atomic E-state index is 12.6. The van der Waals surface area contributed by atoms with E-state index in [1.165, 1.54) is 13.3 Å². The summed E-state index contributed by atoms with van der Waals surface area (Å²) >= 11 is 0. The van der Waals surface area contributed by atoms with Gasteiger partial charge in [0.15, 0.2) is 0 Å². The van der Waals surface area contributed by atoms with E-state index in [1.807, 2.05) is 13.8 Å². The quantitative estimate of drug-likeness (QED) is 0.825. The van der Waals surface area contributed by atoms with E-state index < -0.39 is 11.4 Å². The van der Waals surface area contributed by atoms with Crippen LogP contribution in [0.1, 0.15) is 35.5 Å². The number of hydrogen-bond donors (Lipinski definition) is 1. The topological polar surface area (TPSA) is 88.7 Å². The van der Waals surface area contributed by atoms with E-state index >= 15 is 0 Å². The summed E-state index contributed by atoms with van der Waals surface area (Å²) in [4.78, 5) is 41.4. The Balaban J connectivity index is 2.31. The summed E-state index contributed by atoms with van der Waals surface area (Å²) in [6, 6.07) is 0. The Morgan fingerprint density at radius 2 is 2.04 bits per heavy atom. The van der Waals surface area contributed by atoms with E-state index in [2.05, 4.69) is 9.72 Å². The molecule has 0 saturated carbocycles. The summed E-state index contributed by atoms with van der Waals surface area (Å²) in [5.74, 6) is -0.759. The van der Waals surface area contributed by atoms with E-state index in [4.69, 9.17) is 4.74 Å². The van der Waals surface area contributed by atoms with Gasteiger partial charge in [-0.1, -0.05) is 0 Å². The third-order valence-corrected chi connectivity index (χ3v) is 4.03. The molecular weight excluding hydrogens is 300 g/mol. The van der Waals surface area contributed by atoms with Gasteiger partial charge in [-0.3, -0.25) is 9.59 Å². The van der Waals surface area contributed by atoms with Crippen molar-refractivity contribution in [1.29, 1.82) is 0 Å². The smallest absolute Gasteiger partial charge is 0.343 e. The van der Waals surface area contributed by atoms with E-state index in [-0.39, 0.29) is 23.4 Å². The van der Waals surface area contributed by atoms with Crippen LogP contribution in [-0.4, -0.2) is 49.1 Å². The number of nitrogens with zero attached hydrogens (tertiary/aromatic N) is 1. The van der Waals surface area contributed by atoms with Crippen LogP contribution in [0.15, 0.2) is 11.0 Å². The van der Waals surface area contributed by atoms with Crippen LogP contribution in [0.4, 0.5) is 0 Å². The van der Waals surface area contributed by atoms with Gasteiger partial charge in [0.1, 0.15) is 5.56 Å². The number of aromatic nitrogens is 1. The number of amides is 1. The molecule has 0 atom stereocenters. The van der Waals surface area contributed by atoms with E-state index in [0.29, 0.717) is 25.1 Å². The maximum Gasteiger partial charge on any atom is 0.343 e. The van der Waals surface area contributed by atoms with E-state index in [0.717, 1.165) is 5.69 Å². The monoisotopic (exact) mass is 322 g/mol. The number of fused-ring (bicyclic) bond motifs is 1. The third-order valence-electron chi connectivity index (χ3n) is 4.03. The molecule has 0 saturated heterocycles. The molecule has 1 aromatic rings. The zero-order chi connectivity index (χ0) is 17.2. The predicted octanol–water partition coefficient (Wildman–Crippen LogP) is 0.719. The van der Waals surface area contributed by atoms with Crippen molar-refractivity contribution in [3.05, 3.63) is 33.2 Å². The minimum Gasteiger partial charge on any atom is -0.465 e. The fourth-order valence-electron chi connectivity index (χ4n) is 2.80. The van der Waals surface area contributed by atoms with Gasteiger partial charge in [0.05, 0.1) is 25.7 Å². The fraction of sp³-hybridized carbons (Fsp3) is 0.562. The zero-order valence-corrected chi connectivity index (χ0v) is 13.9. The molecule has 1 aromatic heterocycles. The largest absolute Gasteiger partial charge is 0.465 e. The first-order valence-electron chi connectivity index (χ1n) is 7.42. The first kappa shape index (κ1) is 17.2. The summed E-state index contributed by atoms with van der Waals surface area (Å²) in [6.07, 6.45) is 1.92. The number of carbonyl (C=O) groups excluding carboxylic acids is 2. The van der Waals surface area contributed by atoms with E-state index in [1.54, 1.807) is 12.0 Å². The Morgan fingerprint density at radius 3 is 2.65 bits per heavy atom. The molecule has 2 heterocycles. The number of carbonyl (C=O) groups is 2. The van der Waals surface area contributed by atoms with Crippen molar-refractivity contribution in [3.8, 4) is 0 Å². The maximum atomic E-state index is 12.6. The number of ether oxygens (including phenoxy) is 2. The highest BCUT2D eigenvalue weighted by Gasteiger charge is 2.34. The van der Waals surface area contributed by atoms with Crippen molar-refractivity contribution in [2.45, 2.75) is 26.8 Å². The Morgan fingerprint density at radius 1 is 1.35 bits per heavy atom. The number of hydrogen-bond acceptors (Lipinski definition) is 5. The van der Waals surface area contributed by atoms with Crippen LogP contribution in [-0.2, 0) is 27.2 Å². The van der Waals surface area contributed by atoms with Gasteiger partial charge in [-0.15, -0.1) is 0 Å². The highest BCUT2D eigenvalue weighted by Crippen LogP contribution is 2.23. The molecular formula is C16H22N2O5. The lowest BCUT2D eigenvalue weighted by Crippen LogP contribution is -2.47. The number of nitrogens with one attached hydrogen (secondary N) is 1. The second-order valence-electron chi connectivity index (χ2n) is 6.27. The fourth-order valence-corrected chi connectivity index (χ4v) is 2.80. The molecule has 0 unspecified atom stereocenters. The van der Waals surface area contributed by atoms with Gasteiger partial charge in [0, 0.05) is 37.5 Å². The average Bonchev–Trinajstić information content (AvgIpc) is 2.53. The van der Waals surface area contributed by atoms with Crippen molar-refractivity contribution >= 4 is 11.9 Å².